The summed E-state index contributed by atoms with van der Waals surface area (Å²) in [6.45, 7) is 3.60. The average Bonchev–Trinajstić information content (AvgIpc) is 2.51. The number of carbonyl (C=O) groups excluding carboxylic acids is 3. The number of nitrogens with one attached hydrogen (secondary N) is 2. The minimum Gasteiger partial charge on any atom is -0.452 e. The number of carbonyl (C=O) groups is 3. The summed E-state index contributed by atoms with van der Waals surface area (Å²) in [5.74, 6) is -1.56. The van der Waals surface area contributed by atoms with E-state index >= 15 is 0 Å². The van der Waals surface area contributed by atoms with E-state index in [1.54, 1.807) is 0 Å². The van der Waals surface area contributed by atoms with Crippen LogP contribution in [0.5, 0.6) is 0 Å². The van der Waals surface area contributed by atoms with Crippen molar-refractivity contribution in [2.45, 2.75) is 20.3 Å². The second-order valence-electron chi connectivity index (χ2n) is 5.48. The number of nitrogens with zero attached hydrogens (tertiary/aromatic N) is 1. The lowest BCUT2D eigenvalue weighted by Gasteiger charge is -2.09. The topological polar surface area (TPSA) is 128 Å². The van der Waals surface area contributed by atoms with E-state index in [4.69, 9.17) is 11.6 Å². The van der Waals surface area contributed by atoms with Crippen LogP contribution >= 0.6 is 11.6 Å². The summed E-state index contributed by atoms with van der Waals surface area (Å²) in [5, 5.41) is 15.5. The number of imide groups is 1. The molecule has 0 spiro atoms. The monoisotopic (exact) mass is 371 g/mol. The summed E-state index contributed by atoms with van der Waals surface area (Å²) in [6.07, 6.45) is 0.745. The molecule has 0 aliphatic carbocycles. The van der Waals surface area contributed by atoms with Crippen molar-refractivity contribution in [2.24, 2.45) is 5.92 Å². The lowest BCUT2D eigenvalue weighted by molar-refractivity contribution is -0.385. The van der Waals surface area contributed by atoms with Crippen LogP contribution in [-0.4, -0.2) is 36.0 Å². The standard InChI is InChI=1S/C15H18ClN3O6/c1-9(2)5-6-17-15(22)18-13(20)8-25-14(21)11-7-10(16)3-4-12(11)19(23)24/h3-4,7,9H,5-6,8H2,1-2H3,(H2,17,18,20,22). The van der Waals surface area contributed by atoms with Gasteiger partial charge in [-0.05, 0) is 24.5 Å². The second-order valence-corrected chi connectivity index (χ2v) is 5.92. The predicted molar refractivity (Wildman–Crippen MR) is 89.4 cm³/mol. The maximum Gasteiger partial charge on any atom is 0.345 e. The number of esters is 1. The van der Waals surface area contributed by atoms with Crippen LogP contribution in [0.25, 0.3) is 0 Å². The molecule has 0 unspecified atom stereocenters. The minimum atomic E-state index is -1.09. The molecule has 0 aromatic heterocycles. The van der Waals surface area contributed by atoms with Gasteiger partial charge in [-0.15, -0.1) is 0 Å². The number of benzene rings is 1. The minimum absolute atomic E-state index is 0.103. The Hall–Kier alpha value is -2.68. The Morgan fingerprint density at radius 3 is 2.60 bits per heavy atom. The summed E-state index contributed by atoms with van der Waals surface area (Å²) in [7, 11) is 0. The van der Waals surface area contributed by atoms with Gasteiger partial charge in [0.05, 0.1) is 4.92 Å². The van der Waals surface area contributed by atoms with Crippen molar-refractivity contribution in [1.29, 1.82) is 0 Å². The highest BCUT2D eigenvalue weighted by atomic mass is 35.5. The van der Waals surface area contributed by atoms with Crippen LogP contribution in [0.2, 0.25) is 5.02 Å². The van der Waals surface area contributed by atoms with Gasteiger partial charge < -0.3 is 10.1 Å². The highest BCUT2D eigenvalue weighted by molar-refractivity contribution is 6.31. The van der Waals surface area contributed by atoms with Gasteiger partial charge in [0.1, 0.15) is 5.56 Å². The Bertz CT molecular complexity index is 677. The highest BCUT2D eigenvalue weighted by Gasteiger charge is 2.22. The fourth-order valence-corrected chi connectivity index (χ4v) is 1.89. The Balaban J connectivity index is 2.54. The van der Waals surface area contributed by atoms with E-state index in [9.17, 15) is 24.5 Å². The molecule has 3 amide bonds. The van der Waals surface area contributed by atoms with Crippen molar-refractivity contribution in [1.82, 2.24) is 10.6 Å². The van der Waals surface area contributed by atoms with Crippen LogP contribution in [-0.2, 0) is 9.53 Å². The number of halogens is 1. The third-order valence-electron chi connectivity index (χ3n) is 2.97. The number of rotatable bonds is 7. The molecule has 0 bridgehead atoms. The maximum atomic E-state index is 11.9. The van der Waals surface area contributed by atoms with E-state index in [1.165, 1.54) is 6.07 Å². The molecule has 0 aliphatic rings. The molecule has 1 rings (SSSR count). The van der Waals surface area contributed by atoms with Crippen LogP contribution in [0.3, 0.4) is 0 Å². The van der Waals surface area contributed by atoms with Gasteiger partial charge in [-0.25, -0.2) is 9.59 Å². The van der Waals surface area contributed by atoms with Gasteiger partial charge >= 0.3 is 12.0 Å². The predicted octanol–water partition coefficient (Wildman–Crippen LogP) is 2.28. The molecular weight excluding hydrogens is 354 g/mol. The van der Waals surface area contributed by atoms with Crippen molar-refractivity contribution >= 4 is 35.2 Å². The van der Waals surface area contributed by atoms with Gasteiger partial charge in [0.2, 0.25) is 0 Å². The fraction of sp³-hybridized carbons (Fsp3) is 0.400. The molecule has 9 nitrogen and oxygen atoms in total. The Morgan fingerprint density at radius 1 is 1.32 bits per heavy atom. The highest BCUT2D eigenvalue weighted by Crippen LogP contribution is 2.23. The number of urea groups is 1. The van der Waals surface area contributed by atoms with Gasteiger partial charge in [-0.3, -0.25) is 20.2 Å². The first-order valence-corrected chi connectivity index (χ1v) is 7.77. The zero-order chi connectivity index (χ0) is 19.0. The molecule has 0 saturated carbocycles. The third-order valence-corrected chi connectivity index (χ3v) is 3.20. The molecular formula is C15H18ClN3O6. The lowest BCUT2D eigenvalue weighted by atomic mass is 10.1. The van der Waals surface area contributed by atoms with Crippen molar-refractivity contribution in [2.75, 3.05) is 13.2 Å². The van der Waals surface area contributed by atoms with Crippen molar-refractivity contribution in [3.63, 3.8) is 0 Å². The Kier molecular flexibility index (Phi) is 7.80. The van der Waals surface area contributed by atoms with E-state index in [-0.39, 0.29) is 10.6 Å². The maximum absolute atomic E-state index is 11.9. The van der Waals surface area contributed by atoms with E-state index in [1.807, 2.05) is 19.2 Å². The molecule has 2 N–H and O–H groups in total. The van der Waals surface area contributed by atoms with E-state index in [0.717, 1.165) is 18.6 Å². The number of nitro benzene ring substituents is 1. The molecule has 0 atom stereocenters. The SMILES string of the molecule is CC(C)CCNC(=O)NC(=O)COC(=O)c1cc(Cl)ccc1[N+](=O)[O-]. The van der Waals surface area contributed by atoms with E-state index < -0.39 is 35.1 Å². The van der Waals surface area contributed by atoms with Gasteiger partial charge in [-0.1, -0.05) is 25.4 Å². The summed E-state index contributed by atoms with van der Waals surface area (Å²) in [6, 6.07) is 2.67. The second kappa shape index (κ2) is 9.58. The molecule has 1 aromatic carbocycles. The molecule has 0 heterocycles. The zero-order valence-corrected chi connectivity index (χ0v) is 14.5. The number of hydrogen-bond acceptors (Lipinski definition) is 6. The normalized spacial score (nSPS) is 10.2. The fourth-order valence-electron chi connectivity index (χ4n) is 1.72. The average molecular weight is 372 g/mol. The molecule has 0 aliphatic heterocycles. The summed E-state index contributed by atoms with van der Waals surface area (Å²) in [5.41, 5.74) is -0.882. The number of nitro groups is 1. The first-order valence-electron chi connectivity index (χ1n) is 7.39. The molecule has 10 heteroatoms. The van der Waals surface area contributed by atoms with E-state index in [2.05, 4.69) is 10.1 Å². The van der Waals surface area contributed by atoms with Crippen LogP contribution in [0, 0.1) is 16.0 Å². The summed E-state index contributed by atoms with van der Waals surface area (Å²) < 4.78 is 4.69. The van der Waals surface area contributed by atoms with Crippen LogP contribution in [0.4, 0.5) is 10.5 Å². The molecule has 0 fully saturated rings. The van der Waals surface area contributed by atoms with Crippen LogP contribution in [0.1, 0.15) is 30.6 Å². The quantitative estimate of drug-likeness (QED) is 0.430. The van der Waals surface area contributed by atoms with Crippen molar-refractivity contribution in [3.8, 4) is 0 Å². The van der Waals surface area contributed by atoms with Crippen molar-refractivity contribution < 1.29 is 24.0 Å². The summed E-state index contributed by atoms with van der Waals surface area (Å²) >= 11 is 5.71. The van der Waals surface area contributed by atoms with Crippen LogP contribution in [0.15, 0.2) is 18.2 Å². The Morgan fingerprint density at radius 2 is 2.00 bits per heavy atom. The van der Waals surface area contributed by atoms with Gasteiger partial charge in [-0.2, -0.15) is 0 Å². The number of amides is 3. The molecule has 25 heavy (non-hydrogen) atoms. The van der Waals surface area contributed by atoms with Crippen molar-refractivity contribution in [3.05, 3.63) is 38.9 Å². The third kappa shape index (κ3) is 7.17. The zero-order valence-electron chi connectivity index (χ0n) is 13.7. The molecule has 0 saturated heterocycles. The Labute approximate surface area is 148 Å². The smallest absolute Gasteiger partial charge is 0.345 e. The summed E-state index contributed by atoms with van der Waals surface area (Å²) in [4.78, 5) is 45.0. The van der Waals surface area contributed by atoms with E-state index in [0.29, 0.717) is 12.5 Å². The van der Waals surface area contributed by atoms with Crippen LogP contribution < -0.4 is 10.6 Å². The van der Waals surface area contributed by atoms with Gasteiger partial charge in [0, 0.05) is 17.6 Å². The molecule has 136 valence electrons. The molecule has 1 aromatic rings. The number of hydrogen-bond donors (Lipinski definition) is 2. The largest absolute Gasteiger partial charge is 0.452 e. The lowest BCUT2D eigenvalue weighted by Crippen LogP contribution is -2.42. The molecule has 0 radical (unpaired) electrons. The van der Waals surface area contributed by atoms with Gasteiger partial charge in [0.15, 0.2) is 6.61 Å². The first-order chi connectivity index (χ1) is 11.7. The number of ether oxygens (including phenoxy) is 1. The first kappa shape index (κ1) is 20.4. The van der Waals surface area contributed by atoms with Gasteiger partial charge in [0.25, 0.3) is 11.6 Å².